The summed E-state index contributed by atoms with van der Waals surface area (Å²) >= 11 is 0. The second-order valence-corrected chi connectivity index (χ2v) is 7.19. The highest BCUT2D eigenvalue weighted by Crippen LogP contribution is 2.23. The summed E-state index contributed by atoms with van der Waals surface area (Å²) in [6, 6.07) is -0.225. The number of ether oxygens (including phenoxy) is 2. The van der Waals surface area contributed by atoms with Crippen LogP contribution in [0.15, 0.2) is 0 Å². The molecule has 1 saturated carbocycles. The van der Waals surface area contributed by atoms with Gasteiger partial charge in [-0.3, -0.25) is 9.59 Å². The van der Waals surface area contributed by atoms with Gasteiger partial charge < -0.3 is 19.7 Å². The molecule has 0 bridgehead atoms. The largest absolute Gasteiger partial charge is 0.469 e. The van der Waals surface area contributed by atoms with E-state index in [0.29, 0.717) is 0 Å². The first-order valence-corrected chi connectivity index (χ1v) is 8.46. The molecule has 0 heterocycles. The van der Waals surface area contributed by atoms with Crippen LogP contribution in [0.5, 0.6) is 0 Å². The summed E-state index contributed by atoms with van der Waals surface area (Å²) in [4.78, 5) is 37.2. The van der Waals surface area contributed by atoms with Crippen LogP contribution in [0.3, 0.4) is 0 Å². The van der Waals surface area contributed by atoms with E-state index < -0.39 is 17.7 Å². The number of likely N-dealkylation sites (N-methyl/N-ethyl adjacent to an activating group) is 1. The Hall–Kier alpha value is -1.79. The smallest absolute Gasteiger partial charge is 0.407 e. The maximum atomic E-state index is 12.3. The third-order valence-electron chi connectivity index (χ3n) is 4.09. The van der Waals surface area contributed by atoms with Gasteiger partial charge in [0.05, 0.1) is 25.6 Å². The first-order valence-electron chi connectivity index (χ1n) is 8.46. The van der Waals surface area contributed by atoms with Crippen molar-refractivity contribution in [2.75, 3.05) is 14.2 Å². The van der Waals surface area contributed by atoms with Crippen molar-refractivity contribution in [3.63, 3.8) is 0 Å². The number of amides is 2. The van der Waals surface area contributed by atoms with Gasteiger partial charge >= 0.3 is 12.1 Å². The van der Waals surface area contributed by atoms with E-state index in [2.05, 4.69) is 10.1 Å². The molecule has 138 valence electrons. The van der Waals surface area contributed by atoms with Crippen molar-refractivity contribution in [3.05, 3.63) is 0 Å². The van der Waals surface area contributed by atoms with Gasteiger partial charge in [0.2, 0.25) is 5.91 Å². The second kappa shape index (κ2) is 8.89. The lowest BCUT2D eigenvalue weighted by Crippen LogP contribution is -2.54. The Morgan fingerprint density at radius 1 is 1.12 bits per heavy atom. The topological polar surface area (TPSA) is 84.9 Å². The standard InChI is InChI=1S/C17H30N2O5/c1-17(2,3)24-16(22)18-12-8-6-7-9-13(12)19(4)14(20)10-11-15(21)23-5/h12-13H,6-11H2,1-5H3,(H,18,22)/t12-,13-/m0/s1. The van der Waals surface area contributed by atoms with E-state index in [-0.39, 0.29) is 30.8 Å². The predicted molar refractivity (Wildman–Crippen MR) is 89.4 cm³/mol. The van der Waals surface area contributed by atoms with Crippen LogP contribution in [0.1, 0.15) is 59.3 Å². The van der Waals surface area contributed by atoms with Gasteiger partial charge in [0, 0.05) is 13.5 Å². The van der Waals surface area contributed by atoms with Gasteiger partial charge in [0.1, 0.15) is 5.60 Å². The number of alkyl carbamates (subject to hydrolysis) is 1. The van der Waals surface area contributed by atoms with E-state index in [0.717, 1.165) is 25.7 Å². The molecule has 24 heavy (non-hydrogen) atoms. The maximum Gasteiger partial charge on any atom is 0.407 e. The first kappa shape index (κ1) is 20.3. The zero-order valence-corrected chi connectivity index (χ0v) is 15.4. The van der Waals surface area contributed by atoms with Crippen molar-refractivity contribution in [2.45, 2.75) is 77.0 Å². The Morgan fingerprint density at radius 2 is 1.75 bits per heavy atom. The molecule has 0 saturated heterocycles. The average Bonchev–Trinajstić information content (AvgIpc) is 2.50. The van der Waals surface area contributed by atoms with Crippen LogP contribution in [-0.2, 0) is 19.1 Å². The Morgan fingerprint density at radius 3 is 2.33 bits per heavy atom. The summed E-state index contributed by atoms with van der Waals surface area (Å²) in [5, 5.41) is 2.89. The quantitative estimate of drug-likeness (QED) is 0.775. The van der Waals surface area contributed by atoms with E-state index in [4.69, 9.17) is 4.74 Å². The molecule has 0 radical (unpaired) electrons. The summed E-state index contributed by atoms with van der Waals surface area (Å²) in [6.07, 6.45) is 3.34. The van der Waals surface area contributed by atoms with Crippen LogP contribution >= 0.6 is 0 Å². The molecule has 1 rings (SSSR count). The van der Waals surface area contributed by atoms with Crippen LogP contribution in [0.2, 0.25) is 0 Å². The molecule has 1 aliphatic carbocycles. The molecular formula is C17H30N2O5. The third-order valence-corrected chi connectivity index (χ3v) is 4.09. The zero-order chi connectivity index (χ0) is 18.3. The molecule has 1 aliphatic rings. The average molecular weight is 342 g/mol. The summed E-state index contributed by atoms with van der Waals surface area (Å²) in [6.45, 7) is 5.44. The van der Waals surface area contributed by atoms with Gasteiger partial charge in [-0.25, -0.2) is 4.79 Å². The normalized spacial score (nSPS) is 20.9. The van der Waals surface area contributed by atoms with Gasteiger partial charge in [-0.15, -0.1) is 0 Å². The van der Waals surface area contributed by atoms with Crippen molar-refractivity contribution >= 4 is 18.0 Å². The number of nitrogens with zero attached hydrogens (tertiary/aromatic N) is 1. The van der Waals surface area contributed by atoms with Crippen LogP contribution < -0.4 is 5.32 Å². The fourth-order valence-corrected chi connectivity index (χ4v) is 2.87. The molecule has 0 aromatic rings. The van der Waals surface area contributed by atoms with E-state index in [1.54, 1.807) is 11.9 Å². The molecule has 0 aliphatic heterocycles. The Kier molecular flexibility index (Phi) is 7.51. The van der Waals surface area contributed by atoms with E-state index in [1.807, 2.05) is 20.8 Å². The van der Waals surface area contributed by atoms with Crippen LogP contribution in [0.4, 0.5) is 4.79 Å². The molecular weight excluding hydrogens is 312 g/mol. The summed E-state index contributed by atoms with van der Waals surface area (Å²) in [7, 11) is 3.03. The number of hydrogen-bond donors (Lipinski definition) is 1. The molecule has 0 spiro atoms. The van der Waals surface area contributed by atoms with Gasteiger partial charge in [-0.05, 0) is 33.6 Å². The number of carbonyl (C=O) groups excluding carboxylic acids is 3. The monoisotopic (exact) mass is 342 g/mol. The van der Waals surface area contributed by atoms with Crippen LogP contribution in [0, 0.1) is 0 Å². The SMILES string of the molecule is COC(=O)CCC(=O)N(C)[C@H]1CCCC[C@@H]1NC(=O)OC(C)(C)C. The number of esters is 1. The number of nitrogens with one attached hydrogen (secondary N) is 1. The Labute approximate surface area is 144 Å². The lowest BCUT2D eigenvalue weighted by Gasteiger charge is -2.38. The first-order chi connectivity index (χ1) is 11.1. The van der Waals surface area contributed by atoms with E-state index in [9.17, 15) is 14.4 Å². The minimum Gasteiger partial charge on any atom is -0.469 e. The molecule has 7 nitrogen and oxygen atoms in total. The van der Waals surface area contributed by atoms with Crippen molar-refractivity contribution in [1.29, 1.82) is 0 Å². The highest BCUT2D eigenvalue weighted by atomic mass is 16.6. The molecule has 2 amide bonds. The fraction of sp³-hybridized carbons (Fsp3) is 0.824. The van der Waals surface area contributed by atoms with Crippen molar-refractivity contribution in [3.8, 4) is 0 Å². The number of rotatable bonds is 5. The molecule has 1 N–H and O–H groups in total. The van der Waals surface area contributed by atoms with Crippen molar-refractivity contribution in [1.82, 2.24) is 10.2 Å². The predicted octanol–water partition coefficient (Wildman–Crippen LogP) is 2.23. The second-order valence-electron chi connectivity index (χ2n) is 7.19. The van der Waals surface area contributed by atoms with Crippen LogP contribution in [0.25, 0.3) is 0 Å². The van der Waals surface area contributed by atoms with Crippen molar-refractivity contribution < 1.29 is 23.9 Å². The van der Waals surface area contributed by atoms with Crippen LogP contribution in [-0.4, -0.2) is 54.7 Å². The van der Waals surface area contributed by atoms with Gasteiger partial charge in [-0.1, -0.05) is 12.8 Å². The van der Waals surface area contributed by atoms with Crippen molar-refractivity contribution in [2.24, 2.45) is 0 Å². The number of methoxy groups -OCH3 is 1. The zero-order valence-electron chi connectivity index (χ0n) is 15.4. The number of carbonyl (C=O) groups is 3. The molecule has 1 fully saturated rings. The number of hydrogen-bond acceptors (Lipinski definition) is 5. The van der Waals surface area contributed by atoms with Gasteiger partial charge in [0.15, 0.2) is 0 Å². The summed E-state index contributed by atoms with van der Waals surface area (Å²) in [5.41, 5.74) is -0.559. The highest BCUT2D eigenvalue weighted by molar-refractivity contribution is 5.81. The minimum atomic E-state index is -0.559. The van der Waals surface area contributed by atoms with E-state index >= 15 is 0 Å². The van der Waals surface area contributed by atoms with Gasteiger partial charge in [0.25, 0.3) is 0 Å². The molecule has 0 aromatic heterocycles. The highest BCUT2D eigenvalue weighted by Gasteiger charge is 2.32. The lowest BCUT2D eigenvalue weighted by molar-refractivity contribution is -0.144. The maximum absolute atomic E-state index is 12.3. The Bertz CT molecular complexity index is 458. The van der Waals surface area contributed by atoms with E-state index in [1.165, 1.54) is 7.11 Å². The minimum absolute atomic E-state index is 0.0660. The molecule has 7 heteroatoms. The molecule has 2 atom stereocenters. The summed E-state index contributed by atoms with van der Waals surface area (Å²) in [5.74, 6) is -0.521. The molecule has 0 unspecified atom stereocenters. The third kappa shape index (κ3) is 6.76. The molecule has 0 aromatic carbocycles. The lowest BCUT2D eigenvalue weighted by atomic mass is 9.89. The van der Waals surface area contributed by atoms with Gasteiger partial charge in [-0.2, -0.15) is 0 Å². The summed E-state index contributed by atoms with van der Waals surface area (Å²) < 4.78 is 9.87. The fourth-order valence-electron chi connectivity index (χ4n) is 2.87. The Balaban J connectivity index is 2.63.